The Morgan fingerprint density at radius 3 is 2.66 bits per heavy atom. The van der Waals surface area contributed by atoms with Gasteiger partial charge >= 0.3 is 5.82 Å². The van der Waals surface area contributed by atoms with E-state index in [4.69, 9.17) is 5.73 Å². The molecule has 9 nitrogen and oxygen atoms in total. The van der Waals surface area contributed by atoms with E-state index in [0.29, 0.717) is 11.4 Å². The summed E-state index contributed by atoms with van der Waals surface area (Å²) in [6.07, 6.45) is 2.46. The van der Waals surface area contributed by atoms with Crippen LogP contribution in [0.3, 0.4) is 0 Å². The van der Waals surface area contributed by atoms with Crippen molar-refractivity contribution in [2.75, 3.05) is 5.32 Å². The predicted molar refractivity (Wildman–Crippen MR) is 103 cm³/mol. The number of hydrogen-bond donors (Lipinski definition) is 2. The van der Waals surface area contributed by atoms with Crippen LogP contribution in [-0.4, -0.2) is 26.5 Å². The Hall–Kier alpha value is -4.34. The first-order chi connectivity index (χ1) is 13.8. The maximum Gasteiger partial charge on any atom is 0.398 e. The second kappa shape index (κ2) is 7.72. The highest BCUT2D eigenvalue weighted by Crippen LogP contribution is 2.31. The van der Waals surface area contributed by atoms with Gasteiger partial charge in [-0.25, -0.2) is 4.39 Å². The monoisotopic (exact) mass is 395 g/mol. The van der Waals surface area contributed by atoms with Gasteiger partial charge in [0.15, 0.2) is 0 Å². The van der Waals surface area contributed by atoms with Gasteiger partial charge in [-0.15, -0.1) is 4.68 Å². The van der Waals surface area contributed by atoms with Crippen molar-refractivity contribution in [1.29, 1.82) is 0 Å². The fourth-order valence-corrected chi connectivity index (χ4v) is 2.64. The summed E-state index contributed by atoms with van der Waals surface area (Å²) < 4.78 is 15.3. The second-order valence-electron chi connectivity index (χ2n) is 5.87. The van der Waals surface area contributed by atoms with E-state index >= 15 is 0 Å². The molecule has 0 saturated heterocycles. The quantitative estimate of drug-likeness (QED) is 0.376. The number of nitrogens with one attached hydrogen (secondary N) is 1. The molecule has 0 aliphatic carbocycles. The molecule has 10 heteroatoms. The SMILES string of the molecule is C=CC(=O)Nc1cccc(-n2cc(-c3ccc(C(N)=O)c(F)c3)c([N+](=O)[O-])n2)c1. The Labute approximate surface area is 163 Å². The van der Waals surface area contributed by atoms with Crippen molar-refractivity contribution < 1.29 is 18.9 Å². The van der Waals surface area contributed by atoms with Crippen molar-refractivity contribution in [3.8, 4) is 16.8 Å². The zero-order valence-corrected chi connectivity index (χ0v) is 14.8. The average Bonchev–Trinajstić information content (AvgIpc) is 3.13. The van der Waals surface area contributed by atoms with E-state index in [9.17, 15) is 24.1 Å². The van der Waals surface area contributed by atoms with E-state index in [1.807, 2.05) is 0 Å². The van der Waals surface area contributed by atoms with Crippen LogP contribution < -0.4 is 11.1 Å². The van der Waals surface area contributed by atoms with E-state index in [1.54, 1.807) is 24.3 Å². The highest BCUT2D eigenvalue weighted by atomic mass is 19.1. The molecule has 0 aliphatic heterocycles. The lowest BCUT2D eigenvalue weighted by atomic mass is 10.1. The molecule has 0 saturated carbocycles. The Morgan fingerprint density at radius 1 is 1.28 bits per heavy atom. The third-order valence-corrected chi connectivity index (χ3v) is 3.98. The summed E-state index contributed by atoms with van der Waals surface area (Å²) in [7, 11) is 0. The van der Waals surface area contributed by atoms with Gasteiger partial charge in [0.25, 0.3) is 5.91 Å². The number of nitrogens with two attached hydrogens (primary N) is 1. The van der Waals surface area contributed by atoms with E-state index in [2.05, 4.69) is 17.0 Å². The van der Waals surface area contributed by atoms with Crippen molar-refractivity contribution in [2.24, 2.45) is 5.73 Å². The number of rotatable bonds is 6. The van der Waals surface area contributed by atoms with Gasteiger partial charge in [-0.05, 0) is 46.9 Å². The van der Waals surface area contributed by atoms with Crippen molar-refractivity contribution >= 4 is 23.3 Å². The largest absolute Gasteiger partial charge is 0.398 e. The van der Waals surface area contributed by atoms with E-state index < -0.39 is 28.4 Å². The Bertz CT molecular complexity index is 1160. The van der Waals surface area contributed by atoms with Crippen LogP contribution >= 0.6 is 0 Å². The van der Waals surface area contributed by atoms with Gasteiger partial charge in [0.2, 0.25) is 5.91 Å². The number of carbonyl (C=O) groups is 2. The minimum absolute atomic E-state index is 0.0467. The minimum Gasteiger partial charge on any atom is -0.366 e. The molecule has 2 aromatic carbocycles. The molecule has 2 amide bonds. The smallest absolute Gasteiger partial charge is 0.366 e. The van der Waals surface area contributed by atoms with E-state index in [-0.39, 0.29) is 16.7 Å². The van der Waals surface area contributed by atoms with Gasteiger partial charge in [-0.2, -0.15) is 0 Å². The number of halogens is 1. The molecule has 0 radical (unpaired) electrons. The van der Waals surface area contributed by atoms with Crippen LogP contribution in [0.15, 0.2) is 61.3 Å². The maximum absolute atomic E-state index is 14.1. The zero-order valence-electron chi connectivity index (χ0n) is 14.8. The third-order valence-electron chi connectivity index (χ3n) is 3.98. The summed E-state index contributed by atoms with van der Waals surface area (Å²) in [5.41, 5.74) is 5.82. The number of amides is 2. The second-order valence-corrected chi connectivity index (χ2v) is 5.87. The number of nitro groups is 1. The summed E-state index contributed by atoms with van der Waals surface area (Å²) >= 11 is 0. The molecule has 3 N–H and O–H groups in total. The van der Waals surface area contributed by atoms with E-state index in [0.717, 1.165) is 18.2 Å². The summed E-state index contributed by atoms with van der Waals surface area (Å²) in [6, 6.07) is 9.91. The van der Waals surface area contributed by atoms with Crippen LogP contribution in [0.1, 0.15) is 10.4 Å². The lowest BCUT2D eigenvalue weighted by molar-refractivity contribution is -0.389. The fraction of sp³-hybridized carbons (Fsp3) is 0. The van der Waals surface area contributed by atoms with Crippen LogP contribution in [0.25, 0.3) is 16.8 Å². The molecule has 146 valence electrons. The molecule has 0 spiro atoms. The molecule has 3 aromatic rings. The molecular formula is C19H14FN5O4. The molecule has 0 unspecified atom stereocenters. The summed E-state index contributed by atoms with van der Waals surface area (Å²) in [6.45, 7) is 3.37. The van der Waals surface area contributed by atoms with Crippen LogP contribution in [0, 0.1) is 15.9 Å². The van der Waals surface area contributed by atoms with Crippen molar-refractivity contribution in [1.82, 2.24) is 9.78 Å². The molecule has 29 heavy (non-hydrogen) atoms. The number of aromatic nitrogens is 2. The number of benzene rings is 2. The molecular weight excluding hydrogens is 381 g/mol. The normalized spacial score (nSPS) is 10.4. The zero-order chi connectivity index (χ0) is 21.1. The summed E-state index contributed by atoms with van der Waals surface area (Å²) in [4.78, 5) is 33.4. The van der Waals surface area contributed by atoms with Gasteiger partial charge in [0.1, 0.15) is 11.4 Å². The Kier molecular flexibility index (Phi) is 5.17. The molecule has 1 aromatic heterocycles. The molecule has 0 fully saturated rings. The first kappa shape index (κ1) is 19.4. The average molecular weight is 395 g/mol. The molecule has 0 aliphatic rings. The fourth-order valence-electron chi connectivity index (χ4n) is 2.64. The van der Waals surface area contributed by atoms with Gasteiger partial charge in [0, 0.05) is 5.69 Å². The van der Waals surface area contributed by atoms with Crippen LogP contribution in [0.5, 0.6) is 0 Å². The topological polar surface area (TPSA) is 133 Å². The number of hydrogen-bond acceptors (Lipinski definition) is 5. The summed E-state index contributed by atoms with van der Waals surface area (Å²) in [5.74, 6) is -2.76. The minimum atomic E-state index is -0.947. The lowest BCUT2D eigenvalue weighted by Gasteiger charge is -2.04. The van der Waals surface area contributed by atoms with Crippen molar-refractivity contribution in [3.05, 3.63) is 82.8 Å². The highest BCUT2D eigenvalue weighted by Gasteiger charge is 2.24. The highest BCUT2D eigenvalue weighted by molar-refractivity contribution is 5.99. The Balaban J connectivity index is 2.06. The van der Waals surface area contributed by atoms with E-state index in [1.165, 1.54) is 16.9 Å². The third kappa shape index (κ3) is 4.00. The first-order valence-electron chi connectivity index (χ1n) is 8.18. The number of primary amides is 1. The van der Waals surface area contributed by atoms with Crippen LogP contribution in [0.4, 0.5) is 15.9 Å². The van der Waals surface area contributed by atoms with Crippen LogP contribution in [-0.2, 0) is 4.79 Å². The van der Waals surface area contributed by atoms with Crippen molar-refractivity contribution in [2.45, 2.75) is 0 Å². The number of anilines is 1. The van der Waals surface area contributed by atoms with Crippen molar-refractivity contribution in [3.63, 3.8) is 0 Å². The number of carbonyl (C=O) groups excluding carboxylic acids is 2. The van der Waals surface area contributed by atoms with Gasteiger partial charge < -0.3 is 21.2 Å². The lowest BCUT2D eigenvalue weighted by Crippen LogP contribution is -2.12. The molecule has 0 atom stereocenters. The predicted octanol–water partition coefficient (Wildman–Crippen LogP) is 2.81. The number of nitrogens with zero attached hydrogens (tertiary/aromatic N) is 3. The maximum atomic E-state index is 14.1. The standard InChI is InChI=1S/C19H14FN5O4/c1-2-17(26)22-12-4-3-5-13(9-12)24-10-15(19(23-24)25(28)29)11-6-7-14(18(21)27)16(20)8-11/h2-10H,1H2,(H2,21,27)(H,22,26). The Morgan fingerprint density at radius 2 is 2.03 bits per heavy atom. The van der Waals surface area contributed by atoms with Crippen LogP contribution in [0.2, 0.25) is 0 Å². The van der Waals surface area contributed by atoms with Gasteiger partial charge in [0.05, 0.1) is 22.5 Å². The molecule has 1 heterocycles. The molecule has 0 bridgehead atoms. The summed E-state index contributed by atoms with van der Waals surface area (Å²) in [5, 5.41) is 18.0. The first-order valence-corrected chi connectivity index (χ1v) is 8.18. The molecule has 3 rings (SSSR count). The van der Waals surface area contributed by atoms with Gasteiger partial charge in [-0.1, -0.05) is 18.7 Å². The van der Waals surface area contributed by atoms with Gasteiger partial charge in [-0.3, -0.25) is 9.59 Å².